The maximum atomic E-state index is 12.5. The molecule has 0 atom stereocenters. The molecule has 0 aliphatic heterocycles. The SMILES string of the molecule is CN(C)CCc1ccc(NC(=O)Cc2coc3cc4c(cc23)CCC4)cc1. The molecular formula is C23H26N2O2. The summed E-state index contributed by atoms with van der Waals surface area (Å²) in [5.74, 6) is -0.0146. The van der Waals surface area contributed by atoms with E-state index in [2.05, 4.69) is 48.6 Å². The lowest BCUT2D eigenvalue weighted by Gasteiger charge is -2.10. The van der Waals surface area contributed by atoms with Gasteiger partial charge in [0.2, 0.25) is 5.91 Å². The molecule has 4 rings (SSSR count). The van der Waals surface area contributed by atoms with Gasteiger partial charge in [-0.15, -0.1) is 0 Å². The Balaban J connectivity index is 1.41. The first-order chi connectivity index (χ1) is 13.1. The van der Waals surface area contributed by atoms with Crippen LogP contribution in [0, 0.1) is 0 Å². The Labute approximate surface area is 160 Å². The summed E-state index contributed by atoms with van der Waals surface area (Å²) in [7, 11) is 4.14. The van der Waals surface area contributed by atoms with Gasteiger partial charge in [-0.3, -0.25) is 4.79 Å². The number of furan rings is 1. The third-order valence-electron chi connectivity index (χ3n) is 5.30. The lowest BCUT2D eigenvalue weighted by atomic mass is 10.0. The summed E-state index contributed by atoms with van der Waals surface area (Å²) in [6, 6.07) is 12.5. The largest absolute Gasteiger partial charge is 0.464 e. The number of nitrogens with one attached hydrogen (secondary N) is 1. The number of benzene rings is 2. The fourth-order valence-corrected chi connectivity index (χ4v) is 3.77. The molecule has 0 unspecified atom stereocenters. The lowest BCUT2D eigenvalue weighted by Crippen LogP contribution is -2.15. The van der Waals surface area contributed by atoms with Crippen molar-refractivity contribution in [3.8, 4) is 0 Å². The minimum atomic E-state index is -0.0146. The molecule has 1 N–H and O–H groups in total. The number of amides is 1. The molecule has 2 aromatic carbocycles. The van der Waals surface area contributed by atoms with Gasteiger partial charge < -0.3 is 14.6 Å². The first-order valence-electron chi connectivity index (χ1n) is 9.64. The van der Waals surface area contributed by atoms with Gasteiger partial charge in [0, 0.05) is 23.2 Å². The molecule has 140 valence electrons. The Bertz CT molecular complexity index is 954. The highest BCUT2D eigenvalue weighted by Gasteiger charge is 2.16. The second-order valence-electron chi connectivity index (χ2n) is 7.71. The van der Waals surface area contributed by atoms with Crippen LogP contribution in [0.5, 0.6) is 0 Å². The van der Waals surface area contributed by atoms with Crippen molar-refractivity contribution in [2.45, 2.75) is 32.1 Å². The molecule has 1 heterocycles. The average Bonchev–Trinajstić information content (AvgIpc) is 3.26. The number of carbonyl (C=O) groups is 1. The van der Waals surface area contributed by atoms with Crippen molar-refractivity contribution >= 4 is 22.6 Å². The number of hydrogen-bond donors (Lipinski definition) is 1. The molecule has 0 saturated carbocycles. The van der Waals surface area contributed by atoms with Crippen molar-refractivity contribution in [1.82, 2.24) is 4.90 Å². The van der Waals surface area contributed by atoms with Crippen molar-refractivity contribution in [3.63, 3.8) is 0 Å². The van der Waals surface area contributed by atoms with E-state index in [1.54, 1.807) is 6.26 Å². The number of likely N-dealkylation sites (N-methyl/N-ethyl adjacent to an activating group) is 1. The highest BCUT2D eigenvalue weighted by atomic mass is 16.3. The van der Waals surface area contributed by atoms with Gasteiger partial charge in [0.15, 0.2) is 0 Å². The molecular weight excluding hydrogens is 336 g/mol. The summed E-state index contributed by atoms with van der Waals surface area (Å²) in [5.41, 5.74) is 6.75. The van der Waals surface area contributed by atoms with Crippen LogP contribution in [0.2, 0.25) is 0 Å². The van der Waals surface area contributed by atoms with E-state index in [0.717, 1.165) is 48.0 Å². The quantitative estimate of drug-likeness (QED) is 0.715. The van der Waals surface area contributed by atoms with Crippen LogP contribution in [-0.4, -0.2) is 31.4 Å². The first kappa shape index (κ1) is 17.8. The van der Waals surface area contributed by atoms with Gasteiger partial charge in [-0.25, -0.2) is 0 Å². The molecule has 0 saturated heterocycles. The second kappa shape index (κ2) is 7.57. The van der Waals surface area contributed by atoms with Crippen LogP contribution in [0.4, 0.5) is 5.69 Å². The van der Waals surface area contributed by atoms with Crippen LogP contribution in [0.15, 0.2) is 47.1 Å². The highest BCUT2D eigenvalue weighted by molar-refractivity contribution is 5.95. The number of fused-ring (bicyclic) bond motifs is 2. The molecule has 0 radical (unpaired) electrons. The van der Waals surface area contributed by atoms with Gasteiger partial charge in [-0.1, -0.05) is 12.1 Å². The Morgan fingerprint density at radius 1 is 1.11 bits per heavy atom. The van der Waals surface area contributed by atoms with Crippen molar-refractivity contribution in [2.75, 3.05) is 26.0 Å². The number of carbonyl (C=O) groups excluding carboxylic acids is 1. The molecule has 1 aliphatic carbocycles. The van der Waals surface area contributed by atoms with Gasteiger partial charge >= 0.3 is 0 Å². The van der Waals surface area contributed by atoms with Crippen LogP contribution >= 0.6 is 0 Å². The Morgan fingerprint density at radius 2 is 1.85 bits per heavy atom. The third-order valence-corrected chi connectivity index (χ3v) is 5.30. The Hall–Kier alpha value is -2.59. The molecule has 4 heteroatoms. The van der Waals surface area contributed by atoms with E-state index in [4.69, 9.17) is 4.42 Å². The summed E-state index contributed by atoms with van der Waals surface area (Å²) < 4.78 is 5.70. The van der Waals surface area contributed by atoms with Crippen LogP contribution in [-0.2, 0) is 30.5 Å². The zero-order valence-corrected chi connectivity index (χ0v) is 16.0. The first-order valence-corrected chi connectivity index (χ1v) is 9.64. The fourth-order valence-electron chi connectivity index (χ4n) is 3.77. The summed E-state index contributed by atoms with van der Waals surface area (Å²) in [4.78, 5) is 14.7. The molecule has 1 aromatic heterocycles. The number of anilines is 1. The molecule has 3 aromatic rings. The van der Waals surface area contributed by atoms with E-state index < -0.39 is 0 Å². The van der Waals surface area contributed by atoms with Crippen LogP contribution < -0.4 is 5.32 Å². The second-order valence-corrected chi connectivity index (χ2v) is 7.71. The molecule has 1 amide bonds. The van der Waals surface area contributed by atoms with E-state index in [-0.39, 0.29) is 5.91 Å². The van der Waals surface area contributed by atoms with E-state index in [0.29, 0.717) is 6.42 Å². The smallest absolute Gasteiger partial charge is 0.228 e. The zero-order valence-electron chi connectivity index (χ0n) is 16.0. The monoisotopic (exact) mass is 362 g/mol. The molecule has 1 aliphatic rings. The Kier molecular flexibility index (Phi) is 4.99. The third kappa shape index (κ3) is 4.06. The summed E-state index contributed by atoms with van der Waals surface area (Å²) in [6.45, 7) is 1.02. The number of nitrogens with zero attached hydrogens (tertiary/aromatic N) is 1. The van der Waals surface area contributed by atoms with E-state index in [1.807, 2.05) is 12.1 Å². The average molecular weight is 362 g/mol. The van der Waals surface area contributed by atoms with Gasteiger partial charge in [0.05, 0.1) is 12.7 Å². The van der Waals surface area contributed by atoms with E-state index >= 15 is 0 Å². The molecule has 0 bridgehead atoms. The van der Waals surface area contributed by atoms with E-state index in [9.17, 15) is 4.79 Å². The number of rotatable bonds is 6. The van der Waals surface area contributed by atoms with Gasteiger partial charge in [-0.05, 0) is 80.7 Å². The highest BCUT2D eigenvalue weighted by Crippen LogP contribution is 2.30. The van der Waals surface area contributed by atoms with Crippen molar-refractivity contribution in [1.29, 1.82) is 0 Å². The number of hydrogen-bond acceptors (Lipinski definition) is 3. The van der Waals surface area contributed by atoms with Gasteiger partial charge in [0.1, 0.15) is 5.58 Å². The van der Waals surface area contributed by atoms with Crippen molar-refractivity contribution in [3.05, 3.63) is 64.9 Å². The van der Waals surface area contributed by atoms with Crippen LogP contribution in [0.3, 0.4) is 0 Å². The van der Waals surface area contributed by atoms with Crippen molar-refractivity contribution < 1.29 is 9.21 Å². The minimum Gasteiger partial charge on any atom is -0.464 e. The van der Waals surface area contributed by atoms with Crippen LogP contribution in [0.25, 0.3) is 11.0 Å². The summed E-state index contributed by atoms with van der Waals surface area (Å²) in [6.07, 6.45) is 6.53. The predicted molar refractivity (Wildman–Crippen MR) is 109 cm³/mol. The van der Waals surface area contributed by atoms with Gasteiger partial charge in [0.25, 0.3) is 0 Å². The molecule has 27 heavy (non-hydrogen) atoms. The summed E-state index contributed by atoms with van der Waals surface area (Å²) >= 11 is 0. The maximum absolute atomic E-state index is 12.5. The van der Waals surface area contributed by atoms with Gasteiger partial charge in [-0.2, -0.15) is 0 Å². The topological polar surface area (TPSA) is 45.5 Å². The van der Waals surface area contributed by atoms with Crippen molar-refractivity contribution in [2.24, 2.45) is 0 Å². The molecule has 0 spiro atoms. The van der Waals surface area contributed by atoms with E-state index in [1.165, 1.54) is 23.1 Å². The minimum absolute atomic E-state index is 0.0146. The molecule has 0 fully saturated rings. The predicted octanol–water partition coefficient (Wildman–Crippen LogP) is 4.21. The molecule has 4 nitrogen and oxygen atoms in total. The lowest BCUT2D eigenvalue weighted by molar-refractivity contribution is -0.115. The Morgan fingerprint density at radius 3 is 2.59 bits per heavy atom. The standard InChI is InChI=1S/C23H26N2O2/c1-25(2)11-10-16-6-8-20(9-7-16)24-23(26)14-19-15-27-22-13-18-5-3-4-17(18)12-21(19)22/h6-9,12-13,15H,3-5,10-11,14H2,1-2H3,(H,24,26). The maximum Gasteiger partial charge on any atom is 0.228 e. The normalized spacial score (nSPS) is 13.3. The van der Waals surface area contributed by atoms with Crippen LogP contribution in [0.1, 0.15) is 28.7 Å². The summed E-state index contributed by atoms with van der Waals surface area (Å²) in [5, 5.41) is 4.07. The number of aryl methyl sites for hydroxylation is 2. The fraction of sp³-hybridized carbons (Fsp3) is 0.348. The zero-order chi connectivity index (χ0) is 18.8.